The molecule has 0 fully saturated rings. The summed E-state index contributed by atoms with van der Waals surface area (Å²) in [4.78, 5) is 34.8. The lowest BCUT2D eigenvalue weighted by atomic mass is 10.2. The van der Waals surface area contributed by atoms with E-state index in [2.05, 4.69) is 5.32 Å². The quantitative estimate of drug-likeness (QED) is 0.434. The summed E-state index contributed by atoms with van der Waals surface area (Å²) >= 11 is 11.8. The van der Waals surface area contributed by atoms with Crippen LogP contribution in [0.5, 0.6) is 5.75 Å². The van der Waals surface area contributed by atoms with E-state index in [1.807, 2.05) is 0 Å². The minimum atomic E-state index is -1.21. The number of rotatable bonds is 6. The van der Waals surface area contributed by atoms with Gasteiger partial charge in [-0.2, -0.15) is 0 Å². The van der Waals surface area contributed by atoms with Crippen molar-refractivity contribution < 1.29 is 24.0 Å². The van der Waals surface area contributed by atoms with Crippen LogP contribution >= 0.6 is 23.2 Å². The van der Waals surface area contributed by atoms with Gasteiger partial charge in [0.15, 0.2) is 6.10 Å². The number of benzene rings is 2. The molecule has 0 heterocycles. The fourth-order valence-corrected chi connectivity index (χ4v) is 2.44. The van der Waals surface area contributed by atoms with Crippen LogP contribution in [0.2, 0.25) is 10.0 Å². The molecule has 8 nitrogen and oxygen atoms in total. The fourth-order valence-electron chi connectivity index (χ4n) is 2.07. The van der Waals surface area contributed by atoms with Gasteiger partial charge in [-0.15, -0.1) is 0 Å². The van der Waals surface area contributed by atoms with Gasteiger partial charge in [-0.3, -0.25) is 14.9 Å². The second-order valence-electron chi connectivity index (χ2n) is 5.30. The van der Waals surface area contributed by atoms with Crippen molar-refractivity contribution in [1.82, 2.24) is 0 Å². The highest BCUT2D eigenvalue weighted by molar-refractivity contribution is 6.35. The molecule has 0 unspecified atom stereocenters. The zero-order chi connectivity index (χ0) is 20.1. The average molecular weight is 413 g/mol. The van der Waals surface area contributed by atoms with Crippen molar-refractivity contribution in [2.24, 2.45) is 0 Å². The Labute approximate surface area is 164 Å². The Bertz CT molecular complexity index is 903. The van der Waals surface area contributed by atoms with Crippen LogP contribution in [-0.2, 0) is 9.53 Å². The number of anilines is 1. The normalized spacial score (nSPS) is 11.4. The zero-order valence-corrected chi connectivity index (χ0v) is 15.7. The molecule has 0 saturated heterocycles. The molecule has 2 rings (SSSR count). The lowest BCUT2D eigenvalue weighted by Gasteiger charge is -2.15. The lowest BCUT2D eigenvalue weighted by Crippen LogP contribution is -2.30. The predicted octanol–water partition coefficient (Wildman–Crippen LogP) is 4.09. The molecule has 0 saturated carbocycles. The van der Waals surface area contributed by atoms with E-state index in [1.54, 1.807) is 0 Å². The number of esters is 1. The lowest BCUT2D eigenvalue weighted by molar-refractivity contribution is -0.384. The van der Waals surface area contributed by atoms with Crippen molar-refractivity contribution in [3.05, 3.63) is 62.1 Å². The van der Waals surface area contributed by atoms with Crippen molar-refractivity contribution >= 4 is 46.5 Å². The molecule has 0 aromatic heterocycles. The summed E-state index contributed by atoms with van der Waals surface area (Å²) in [6.45, 7) is 1.34. The van der Waals surface area contributed by atoms with Crippen LogP contribution in [0.1, 0.15) is 17.3 Å². The molecule has 0 aliphatic heterocycles. The van der Waals surface area contributed by atoms with Crippen LogP contribution in [0, 0.1) is 10.1 Å². The Kier molecular flexibility index (Phi) is 6.59. The molecule has 1 atom stereocenters. The summed E-state index contributed by atoms with van der Waals surface area (Å²) in [6, 6.07) is 7.97. The molecule has 2 aromatic rings. The van der Waals surface area contributed by atoms with Crippen LogP contribution in [-0.4, -0.2) is 30.0 Å². The second kappa shape index (κ2) is 8.70. The molecule has 0 aliphatic carbocycles. The van der Waals surface area contributed by atoms with E-state index in [0.717, 1.165) is 6.07 Å². The first-order valence-corrected chi connectivity index (χ1v) is 8.28. The Morgan fingerprint density at radius 1 is 1.19 bits per heavy atom. The van der Waals surface area contributed by atoms with E-state index >= 15 is 0 Å². The number of halogens is 2. The summed E-state index contributed by atoms with van der Waals surface area (Å²) in [5, 5.41) is 13.7. The van der Waals surface area contributed by atoms with E-state index < -0.39 is 22.9 Å². The summed E-state index contributed by atoms with van der Waals surface area (Å²) in [6.07, 6.45) is -1.21. The number of carbonyl (C=O) groups excluding carboxylic acids is 2. The van der Waals surface area contributed by atoms with E-state index in [1.165, 1.54) is 44.4 Å². The van der Waals surface area contributed by atoms with Gasteiger partial charge in [-0.25, -0.2) is 4.79 Å². The molecule has 142 valence electrons. The van der Waals surface area contributed by atoms with Crippen LogP contribution in [0.25, 0.3) is 0 Å². The second-order valence-corrected chi connectivity index (χ2v) is 6.15. The Morgan fingerprint density at radius 3 is 2.52 bits per heavy atom. The van der Waals surface area contributed by atoms with Gasteiger partial charge >= 0.3 is 5.97 Å². The number of non-ortho nitro benzene ring substituents is 1. The summed E-state index contributed by atoms with van der Waals surface area (Å²) in [5.41, 5.74) is -0.154. The third-order valence-electron chi connectivity index (χ3n) is 3.45. The van der Waals surface area contributed by atoms with Gasteiger partial charge in [0, 0.05) is 17.2 Å². The Balaban J connectivity index is 2.14. The predicted molar refractivity (Wildman–Crippen MR) is 99.6 cm³/mol. The van der Waals surface area contributed by atoms with Crippen LogP contribution in [0.4, 0.5) is 11.4 Å². The Morgan fingerprint density at radius 2 is 1.89 bits per heavy atom. The molecule has 10 heteroatoms. The van der Waals surface area contributed by atoms with Crippen molar-refractivity contribution in [1.29, 1.82) is 0 Å². The third-order valence-corrected chi connectivity index (χ3v) is 4.02. The number of nitrogens with zero attached hydrogens (tertiary/aromatic N) is 1. The molecule has 0 aliphatic rings. The molecule has 0 bridgehead atoms. The zero-order valence-electron chi connectivity index (χ0n) is 14.2. The number of hydrogen-bond donors (Lipinski definition) is 1. The standard InChI is InChI=1S/C17H14Cl2N2O6/c1-9(27-17(23)12-7-10(18)3-5-13(12)19)16(22)20-14-8-11(21(24)25)4-6-15(14)26-2/h3-9H,1-2H3,(H,20,22)/t9-/m1/s1. The van der Waals surface area contributed by atoms with E-state index in [-0.39, 0.29) is 32.7 Å². The van der Waals surface area contributed by atoms with Gasteiger partial charge in [0.1, 0.15) is 5.75 Å². The maximum absolute atomic E-state index is 12.3. The maximum Gasteiger partial charge on any atom is 0.340 e. The van der Waals surface area contributed by atoms with E-state index in [4.69, 9.17) is 32.7 Å². The minimum absolute atomic E-state index is 0.0109. The van der Waals surface area contributed by atoms with Gasteiger partial charge in [0.25, 0.3) is 11.6 Å². The first-order chi connectivity index (χ1) is 12.7. The van der Waals surface area contributed by atoms with Gasteiger partial charge in [-0.1, -0.05) is 23.2 Å². The number of hydrogen-bond acceptors (Lipinski definition) is 6. The monoisotopic (exact) mass is 412 g/mol. The number of nitro benzene ring substituents is 1. The minimum Gasteiger partial charge on any atom is -0.495 e. The molecule has 0 radical (unpaired) electrons. The van der Waals surface area contributed by atoms with Gasteiger partial charge < -0.3 is 14.8 Å². The summed E-state index contributed by atoms with van der Waals surface area (Å²) in [5.74, 6) is -1.33. The largest absolute Gasteiger partial charge is 0.495 e. The smallest absolute Gasteiger partial charge is 0.340 e. The molecule has 1 amide bonds. The maximum atomic E-state index is 12.3. The van der Waals surface area contributed by atoms with Crippen LogP contribution in [0.15, 0.2) is 36.4 Å². The summed E-state index contributed by atoms with van der Waals surface area (Å²) < 4.78 is 10.2. The van der Waals surface area contributed by atoms with E-state index in [9.17, 15) is 19.7 Å². The molecular weight excluding hydrogens is 399 g/mol. The first-order valence-electron chi connectivity index (χ1n) is 7.52. The first kappa shape index (κ1) is 20.5. The molecular formula is C17H14Cl2N2O6. The van der Waals surface area contributed by atoms with Gasteiger partial charge in [0.2, 0.25) is 0 Å². The number of ether oxygens (including phenoxy) is 2. The number of nitrogens with one attached hydrogen (secondary N) is 1. The molecule has 2 aromatic carbocycles. The number of carbonyl (C=O) groups is 2. The van der Waals surface area contributed by atoms with Gasteiger partial charge in [-0.05, 0) is 31.2 Å². The van der Waals surface area contributed by atoms with Gasteiger partial charge in [0.05, 0.1) is 28.3 Å². The van der Waals surface area contributed by atoms with Crippen molar-refractivity contribution in [3.8, 4) is 5.75 Å². The number of amides is 1. The highest BCUT2D eigenvalue weighted by Crippen LogP contribution is 2.29. The average Bonchev–Trinajstić information content (AvgIpc) is 2.63. The van der Waals surface area contributed by atoms with Crippen molar-refractivity contribution in [2.75, 3.05) is 12.4 Å². The number of nitro groups is 1. The van der Waals surface area contributed by atoms with Crippen molar-refractivity contribution in [3.63, 3.8) is 0 Å². The molecule has 27 heavy (non-hydrogen) atoms. The SMILES string of the molecule is COc1ccc([N+](=O)[O-])cc1NC(=O)[C@@H](C)OC(=O)c1cc(Cl)ccc1Cl. The third kappa shape index (κ3) is 5.08. The fraction of sp³-hybridized carbons (Fsp3) is 0.176. The highest BCUT2D eigenvalue weighted by atomic mass is 35.5. The van der Waals surface area contributed by atoms with Crippen molar-refractivity contribution in [2.45, 2.75) is 13.0 Å². The number of methoxy groups -OCH3 is 1. The molecule has 0 spiro atoms. The molecule has 1 N–H and O–H groups in total. The van der Waals surface area contributed by atoms with Crippen LogP contribution < -0.4 is 10.1 Å². The van der Waals surface area contributed by atoms with E-state index in [0.29, 0.717) is 0 Å². The topological polar surface area (TPSA) is 108 Å². The highest BCUT2D eigenvalue weighted by Gasteiger charge is 2.22. The van der Waals surface area contributed by atoms with Crippen LogP contribution in [0.3, 0.4) is 0 Å². The Hall–Kier alpha value is -2.84. The summed E-state index contributed by atoms with van der Waals surface area (Å²) in [7, 11) is 1.35.